The SMILES string of the molecule is NC(=NO)c1ccc2cccnc2n1. The highest BCUT2D eigenvalue weighted by Crippen LogP contribution is 2.08. The number of rotatable bonds is 1. The molecule has 0 aliphatic carbocycles. The van der Waals surface area contributed by atoms with Crippen molar-refractivity contribution in [2.45, 2.75) is 0 Å². The maximum atomic E-state index is 8.46. The van der Waals surface area contributed by atoms with Crippen LogP contribution in [0.25, 0.3) is 11.0 Å². The third kappa shape index (κ3) is 1.35. The second kappa shape index (κ2) is 3.29. The number of nitrogens with two attached hydrogens (primary N) is 1. The molecule has 0 aliphatic heterocycles. The Hall–Kier alpha value is -2.17. The van der Waals surface area contributed by atoms with Gasteiger partial charge in [-0.3, -0.25) is 0 Å². The minimum absolute atomic E-state index is 0.0162. The summed E-state index contributed by atoms with van der Waals surface area (Å²) in [6.45, 7) is 0. The largest absolute Gasteiger partial charge is 0.409 e. The Kier molecular flexibility index (Phi) is 1.98. The van der Waals surface area contributed by atoms with Crippen molar-refractivity contribution in [1.29, 1.82) is 0 Å². The fourth-order valence-electron chi connectivity index (χ4n) is 1.15. The lowest BCUT2D eigenvalue weighted by atomic mass is 10.2. The number of pyridine rings is 2. The molecule has 2 heterocycles. The van der Waals surface area contributed by atoms with Crippen molar-refractivity contribution in [3.63, 3.8) is 0 Å². The number of amidine groups is 1. The van der Waals surface area contributed by atoms with Crippen molar-refractivity contribution in [2.75, 3.05) is 0 Å². The zero-order valence-electron chi connectivity index (χ0n) is 7.25. The van der Waals surface area contributed by atoms with Crippen LogP contribution in [0, 0.1) is 0 Å². The van der Waals surface area contributed by atoms with Crippen molar-refractivity contribution < 1.29 is 5.21 Å². The number of nitrogens with zero attached hydrogens (tertiary/aromatic N) is 3. The van der Waals surface area contributed by atoms with Gasteiger partial charge in [0.2, 0.25) is 0 Å². The second-order valence-corrected chi connectivity index (χ2v) is 2.73. The fourth-order valence-corrected chi connectivity index (χ4v) is 1.15. The molecule has 0 aromatic carbocycles. The molecular weight excluding hydrogens is 180 g/mol. The lowest BCUT2D eigenvalue weighted by Gasteiger charge is -1.99. The Morgan fingerprint density at radius 1 is 1.36 bits per heavy atom. The van der Waals surface area contributed by atoms with E-state index in [-0.39, 0.29) is 5.84 Å². The Morgan fingerprint density at radius 3 is 3.00 bits per heavy atom. The minimum atomic E-state index is -0.0162. The van der Waals surface area contributed by atoms with Crippen LogP contribution in [-0.2, 0) is 0 Å². The molecule has 0 saturated heterocycles. The molecule has 0 bridgehead atoms. The first kappa shape index (κ1) is 8.43. The lowest BCUT2D eigenvalue weighted by Crippen LogP contribution is -2.14. The molecule has 0 saturated carbocycles. The maximum Gasteiger partial charge on any atom is 0.188 e. The minimum Gasteiger partial charge on any atom is -0.409 e. The van der Waals surface area contributed by atoms with E-state index in [1.54, 1.807) is 12.3 Å². The van der Waals surface area contributed by atoms with Gasteiger partial charge in [-0.15, -0.1) is 0 Å². The molecule has 0 amide bonds. The average molecular weight is 188 g/mol. The summed E-state index contributed by atoms with van der Waals surface area (Å²) in [4.78, 5) is 8.17. The number of oxime groups is 1. The predicted octanol–water partition coefficient (Wildman–Crippen LogP) is 0.724. The number of hydrogen-bond acceptors (Lipinski definition) is 4. The summed E-state index contributed by atoms with van der Waals surface area (Å²) in [6.07, 6.45) is 1.64. The molecule has 70 valence electrons. The molecule has 2 rings (SSSR count). The van der Waals surface area contributed by atoms with Crippen molar-refractivity contribution in [2.24, 2.45) is 10.9 Å². The summed E-state index contributed by atoms with van der Waals surface area (Å²) < 4.78 is 0. The zero-order valence-corrected chi connectivity index (χ0v) is 7.25. The van der Waals surface area contributed by atoms with Crippen molar-refractivity contribution in [3.05, 3.63) is 36.2 Å². The molecule has 14 heavy (non-hydrogen) atoms. The second-order valence-electron chi connectivity index (χ2n) is 2.73. The lowest BCUT2D eigenvalue weighted by molar-refractivity contribution is 0.318. The standard InChI is InChI=1S/C9H8N4O/c10-8(13-14)7-4-3-6-2-1-5-11-9(6)12-7/h1-5,14H,(H2,10,13). The summed E-state index contributed by atoms with van der Waals surface area (Å²) in [7, 11) is 0. The third-order valence-electron chi connectivity index (χ3n) is 1.83. The summed E-state index contributed by atoms with van der Waals surface area (Å²) in [5, 5.41) is 12.3. The van der Waals surface area contributed by atoms with Gasteiger partial charge in [-0.2, -0.15) is 0 Å². The molecule has 0 unspecified atom stereocenters. The summed E-state index contributed by atoms with van der Waals surface area (Å²) in [6, 6.07) is 7.22. The molecule has 2 aromatic heterocycles. The Bertz CT molecular complexity index is 495. The normalized spacial score (nSPS) is 11.9. The first-order valence-electron chi connectivity index (χ1n) is 4.01. The van der Waals surface area contributed by atoms with Crippen LogP contribution in [0.2, 0.25) is 0 Å². The van der Waals surface area contributed by atoms with Crippen LogP contribution in [0.4, 0.5) is 0 Å². The van der Waals surface area contributed by atoms with Gasteiger partial charge in [-0.05, 0) is 24.3 Å². The quantitative estimate of drug-likeness (QED) is 0.299. The first-order chi connectivity index (χ1) is 6.81. The van der Waals surface area contributed by atoms with E-state index in [1.807, 2.05) is 18.2 Å². The highest BCUT2D eigenvalue weighted by molar-refractivity contribution is 5.96. The van der Waals surface area contributed by atoms with E-state index in [0.29, 0.717) is 11.3 Å². The molecule has 0 atom stereocenters. The average Bonchev–Trinajstić information content (AvgIpc) is 2.27. The van der Waals surface area contributed by atoms with Crippen LogP contribution < -0.4 is 5.73 Å². The van der Waals surface area contributed by atoms with E-state index in [9.17, 15) is 0 Å². The van der Waals surface area contributed by atoms with Gasteiger partial charge in [-0.1, -0.05) is 5.16 Å². The van der Waals surface area contributed by atoms with Gasteiger partial charge in [0.15, 0.2) is 11.5 Å². The number of fused-ring (bicyclic) bond motifs is 1. The van der Waals surface area contributed by atoms with Gasteiger partial charge < -0.3 is 10.9 Å². The van der Waals surface area contributed by atoms with Crippen molar-refractivity contribution in [1.82, 2.24) is 9.97 Å². The van der Waals surface area contributed by atoms with E-state index in [2.05, 4.69) is 15.1 Å². The molecule has 0 fully saturated rings. The monoisotopic (exact) mass is 188 g/mol. The zero-order chi connectivity index (χ0) is 9.97. The highest BCUT2D eigenvalue weighted by atomic mass is 16.4. The fraction of sp³-hybridized carbons (Fsp3) is 0. The van der Waals surface area contributed by atoms with E-state index in [4.69, 9.17) is 10.9 Å². The molecule has 3 N–H and O–H groups in total. The van der Waals surface area contributed by atoms with Gasteiger partial charge >= 0.3 is 0 Å². The van der Waals surface area contributed by atoms with Crippen LogP contribution in [0.1, 0.15) is 5.69 Å². The first-order valence-corrected chi connectivity index (χ1v) is 4.01. The molecule has 5 heteroatoms. The van der Waals surface area contributed by atoms with Crippen molar-refractivity contribution in [3.8, 4) is 0 Å². The Morgan fingerprint density at radius 2 is 2.21 bits per heavy atom. The van der Waals surface area contributed by atoms with Crippen LogP contribution in [0.15, 0.2) is 35.6 Å². The topological polar surface area (TPSA) is 84.4 Å². The smallest absolute Gasteiger partial charge is 0.188 e. The summed E-state index contributed by atoms with van der Waals surface area (Å²) in [5.74, 6) is -0.0162. The van der Waals surface area contributed by atoms with E-state index < -0.39 is 0 Å². The van der Waals surface area contributed by atoms with Gasteiger partial charge in [0.1, 0.15) is 5.69 Å². The van der Waals surface area contributed by atoms with Crippen molar-refractivity contribution >= 4 is 16.9 Å². The third-order valence-corrected chi connectivity index (χ3v) is 1.83. The van der Waals surface area contributed by atoms with E-state index >= 15 is 0 Å². The Balaban J connectivity index is 2.62. The van der Waals surface area contributed by atoms with Gasteiger partial charge in [-0.25, -0.2) is 9.97 Å². The molecular formula is C9H8N4O. The summed E-state index contributed by atoms with van der Waals surface area (Å²) in [5.41, 5.74) is 6.39. The van der Waals surface area contributed by atoms with Gasteiger partial charge in [0.05, 0.1) is 0 Å². The number of aromatic nitrogens is 2. The number of hydrogen-bond donors (Lipinski definition) is 2. The molecule has 0 radical (unpaired) electrons. The van der Waals surface area contributed by atoms with Crippen LogP contribution in [-0.4, -0.2) is 21.0 Å². The highest BCUT2D eigenvalue weighted by Gasteiger charge is 2.02. The summed E-state index contributed by atoms with van der Waals surface area (Å²) >= 11 is 0. The Labute approximate surface area is 79.9 Å². The van der Waals surface area contributed by atoms with Crippen LogP contribution in [0.5, 0.6) is 0 Å². The molecule has 2 aromatic rings. The molecule has 0 spiro atoms. The van der Waals surface area contributed by atoms with E-state index in [1.165, 1.54) is 0 Å². The molecule has 0 aliphatic rings. The maximum absolute atomic E-state index is 8.46. The van der Waals surface area contributed by atoms with Crippen LogP contribution in [0.3, 0.4) is 0 Å². The van der Waals surface area contributed by atoms with E-state index in [0.717, 1.165) is 5.39 Å². The van der Waals surface area contributed by atoms with Gasteiger partial charge in [0.25, 0.3) is 0 Å². The molecule has 5 nitrogen and oxygen atoms in total. The van der Waals surface area contributed by atoms with Crippen LogP contribution >= 0.6 is 0 Å². The predicted molar refractivity (Wildman–Crippen MR) is 52.0 cm³/mol. The van der Waals surface area contributed by atoms with Gasteiger partial charge in [0, 0.05) is 11.6 Å².